The van der Waals surface area contributed by atoms with Gasteiger partial charge in [0.15, 0.2) is 0 Å². The summed E-state index contributed by atoms with van der Waals surface area (Å²) in [6.45, 7) is 8.61. The molecule has 1 aromatic heterocycles. The van der Waals surface area contributed by atoms with E-state index in [2.05, 4.69) is 39.1 Å². The Balaban J connectivity index is 1.05. The number of nitrogens with zero attached hydrogens (tertiary/aromatic N) is 3. The van der Waals surface area contributed by atoms with Gasteiger partial charge in [-0.1, -0.05) is 35.9 Å². The van der Waals surface area contributed by atoms with Crippen LogP contribution in [0.1, 0.15) is 42.1 Å². The number of carbonyl (C=O) groups excluding carboxylic acids is 1. The minimum Gasteiger partial charge on any atom is -0.490 e. The van der Waals surface area contributed by atoms with Crippen LogP contribution in [0.5, 0.6) is 11.5 Å². The van der Waals surface area contributed by atoms with E-state index in [1.165, 1.54) is 5.56 Å². The fraction of sp³-hybridized carbons (Fsp3) is 0.457. The molecule has 238 valence electrons. The molecule has 1 unspecified atom stereocenters. The van der Waals surface area contributed by atoms with Crippen molar-refractivity contribution in [3.8, 4) is 11.5 Å². The van der Waals surface area contributed by atoms with Crippen LogP contribution in [0.15, 0.2) is 48.5 Å². The molecule has 2 saturated heterocycles. The fourth-order valence-electron chi connectivity index (χ4n) is 6.93. The largest absolute Gasteiger partial charge is 0.490 e. The molecule has 2 aromatic carbocycles. The summed E-state index contributed by atoms with van der Waals surface area (Å²) in [7, 11) is 0. The first-order chi connectivity index (χ1) is 22.0. The number of piperidine rings is 1. The van der Waals surface area contributed by atoms with Crippen LogP contribution in [0.4, 0.5) is 4.79 Å². The molecule has 3 aromatic rings. The first-order valence-electron chi connectivity index (χ1n) is 16.1. The average Bonchev–Trinajstić information content (AvgIpc) is 3.44. The van der Waals surface area contributed by atoms with E-state index in [1.54, 1.807) is 29.2 Å². The number of amides is 1. The standard InChI is InChI=1S/C35H40Cl2N4O4/c36-25-3-8-28(9-4-25)45-35(42)41-16-13-30-31-23-26(37)5-10-32(31)38-33(30)34(41)24-1-6-27(7-2-24)44-29-11-14-39(15-12-29)17-18-40-19-21-43-22-20-40/h1-4,6-10,23,26,29,34,38H,5,11-22H2/t26?,34-/m0/s1. The number of carbonyl (C=O) groups is 1. The number of H-pyrrole nitrogens is 1. The molecule has 2 fully saturated rings. The molecule has 0 saturated carbocycles. The van der Waals surface area contributed by atoms with Crippen molar-refractivity contribution < 1.29 is 19.0 Å². The van der Waals surface area contributed by atoms with E-state index in [0.29, 0.717) is 23.7 Å². The maximum Gasteiger partial charge on any atom is 0.416 e. The van der Waals surface area contributed by atoms with Gasteiger partial charge in [0.1, 0.15) is 23.6 Å². The lowest BCUT2D eigenvalue weighted by molar-refractivity contribution is 0.0289. The van der Waals surface area contributed by atoms with Crippen LogP contribution in [-0.4, -0.2) is 96.3 Å². The number of nitrogens with one attached hydrogen (secondary N) is 1. The highest BCUT2D eigenvalue weighted by Gasteiger charge is 2.36. The SMILES string of the molecule is O=C(Oc1ccc(Cl)cc1)N1CCc2c([nH]c3c2=CC(Cl)CC=3)[C@@H]1c1ccc(OC2CCN(CCN3CCOCC3)CC2)cc1. The number of hydrogen-bond acceptors (Lipinski definition) is 6. The van der Waals surface area contributed by atoms with Crippen molar-refractivity contribution in [1.29, 1.82) is 0 Å². The van der Waals surface area contributed by atoms with Gasteiger partial charge in [-0.15, -0.1) is 11.6 Å². The zero-order valence-electron chi connectivity index (χ0n) is 25.4. The van der Waals surface area contributed by atoms with E-state index < -0.39 is 6.09 Å². The van der Waals surface area contributed by atoms with Gasteiger partial charge in [0.05, 0.1) is 18.6 Å². The van der Waals surface area contributed by atoms with E-state index in [9.17, 15) is 4.79 Å². The minimum atomic E-state index is -0.399. The summed E-state index contributed by atoms with van der Waals surface area (Å²) in [5.41, 5.74) is 3.22. The molecule has 10 heteroatoms. The number of ether oxygens (including phenoxy) is 3. The predicted octanol–water partition coefficient (Wildman–Crippen LogP) is 4.56. The minimum absolute atomic E-state index is 0.0307. The van der Waals surface area contributed by atoms with Crippen LogP contribution in [-0.2, 0) is 11.2 Å². The Hall–Kier alpha value is -3.01. The number of alkyl halides is 1. The third-order valence-corrected chi connectivity index (χ3v) is 9.97. The highest BCUT2D eigenvalue weighted by molar-refractivity contribution is 6.30. The molecule has 1 amide bonds. The summed E-state index contributed by atoms with van der Waals surface area (Å²) in [5.74, 6) is 1.32. The number of rotatable bonds is 7. The van der Waals surface area contributed by atoms with Crippen molar-refractivity contribution in [2.45, 2.75) is 43.2 Å². The lowest BCUT2D eigenvalue weighted by atomic mass is 9.92. The molecule has 0 spiro atoms. The molecule has 3 aliphatic heterocycles. The lowest BCUT2D eigenvalue weighted by Crippen LogP contribution is -2.44. The predicted molar refractivity (Wildman–Crippen MR) is 177 cm³/mol. The Kier molecular flexibility index (Phi) is 9.38. The molecule has 4 aliphatic rings. The smallest absolute Gasteiger partial charge is 0.416 e. The van der Waals surface area contributed by atoms with Gasteiger partial charge in [-0.25, -0.2) is 4.79 Å². The molecular weight excluding hydrogens is 611 g/mol. The summed E-state index contributed by atoms with van der Waals surface area (Å²) >= 11 is 12.6. The monoisotopic (exact) mass is 650 g/mol. The quantitative estimate of drug-likeness (QED) is 0.378. The van der Waals surface area contributed by atoms with Crippen LogP contribution in [0.25, 0.3) is 12.2 Å². The molecule has 0 radical (unpaired) electrons. The molecule has 1 N–H and O–H groups in total. The second-order valence-electron chi connectivity index (χ2n) is 12.3. The van der Waals surface area contributed by atoms with Crippen molar-refractivity contribution in [3.63, 3.8) is 0 Å². The number of hydrogen-bond donors (Lipinski definition) is 1. The van der Waals surface area contributed by atoms with E-state index in [0.717, 1.165) is 99.3 Å². The first-order valence-corrected chi connectivity index (χ1v) is 16.9. The normalized spacial score (nSPS) is 22.6. The summed E-state index contributed by atoms with van der Waals surface area (Å²) in [6, 6.07) is 14.7. The second kappa shape index (κ2) is 13.8. The third-order valence-electron chi connectivity index (χ3n) is 9.41. The fourth-order valence-corrected chi connectivity index (χ4v) is 7.27. The van der Waals surface area contributed by atoms with Gasteiger partial charge in [-0.2, -0.15) is 0 Å². The highest BCUT2D eigenvalue weighted by atomic mass is 35.5. The Morgan fingerprint density at radius 2 is 1.60 bits per heavy atom. The Morgan fingerprint density at radius 1 is 0.911 bits per heavy atom. The van der Waals surface area contributed by atoms with Gasteiger partial charge >= 0.3 is 6.09 Å². The third kappa shape index (κ3) is 7.05. The molecule has 7 rings (SSSR count). The summed E-state index contributed by atoms with van der Waals surface area (Å²) < 4.78 is 17.7. The van der Waals surface area contributed by atoms with Gasteiger partial charge in [0, 0.05) is 67.1 Å². The van der Waals surface area contributed by atoms with Gasteiger partial charge in [0.2, 0.25) is 0 Å². The molecule has 45 heavy (non-hydrogen) atoms. The number of benzene rings is 2. The van der Waals surface area contributed by atoms with E-state index in [-0.39, 0.29) is 17.5 Å². The van der Waals surface area contributed by atoms with Crippen molar-refractivity contribution >= 4 is 41.4 Å². The van der Waals surface area contributed by atoms with Crippen LogP contribution in [0.3, 0.4) is 0 Å². The lowest BCUT2D eigenvalue weighted by Gasteiger charge is -2.35. The van der Waals surface area contributed by atoms with Gasteiger partial charge in [-0.3, -0.25) is 9.80 Å². The van der Waals surface area contributed by atoms with Gasteiger partial charge < -0.3 is 24.1 Å². The van der Waals surface area contributed by atoms with E-state index >= 15 is 0 Å². The topological polar surface area (TPSA) is 70.3 Å². The Labute approximate surface area is 274 Å². The first kappa shape index (κ1) is 30.6. The van der Waals surface area contributed by atoms with Gasteiger partial charge in [-0.05, 0) is 73.2 Å². The number of fused-ring (bicyclic) bond motifs is 3. The van der Waals surface area contributed by atoms with Crippen molar-refractivity contribution in [3.05, 3.63) is 80.9 Å². The van der Waals surface area contributed by atoms with Crippen molar-refractivity contribution in [2.75, 3.05) is 59.0 Å². The molecule has 0 bridgehead atoms. The van der Waals surface area contributed by atoms with Gasteiger partial charge in [0.25, 0.3) is 0 Å². The molecule has 8 nitrogen and oxygen atoms in total. The second-order valence-corrected chi connectivity index (χ2v) is 13.3. The molecule has 1 aliphatic carbocycles. The van der Waals surface area contributed by atoms with E-state index in [4.69, 9.17) is 37.4 Å². The zero-order chi connectivity index (χ0) is 30.8. The van der Waals surface area contributed by atoms with E-state index in [1.807, 2.05) is 12.1 Å². The number of aromatic amines is 1. The van der Waals surface area contributed by atoms with Crippen LogP contribution in [0.2, 0.25) is 5.02 Å². The van der Waals surface area contributed by atoms with Crippen LogP contribution in [0, 0.1) is 0 Å². The molecule has 2 atom stereocenters. The summed E-state index contributed by atoms with van der Waals surface area (Å²) in [5, 5.41) is 2.79. The van der Waals surface area contributed by atoms with Crippen molar-refractivity contribution in [2.24, 2.45) is 0 Å². The highest BCUT2D eigenvalue weighted by Crippen LogP contribution is 2.35. The average molecular weight is 652 g/mol. The number of likely N-dealkylation sites (tertiary alicyclic amines) is 1. The number of morpholine rings is 1. The molecular formula is C35H40Cl2N4O4. The number of aromatic nitrogens is 1. The maximum absolute atomic E-state index is 13.6. The van der Waals surface area contributed by atoms with Crippen LogP contribution < -0.4 is 20.0 Å². The zero-order valence-corrected chi connectivity index (χ0v) is 26.9. The Morgan fingerprint density at radius 3 is 2.33 bits per heavy atom. The number of halogens is 2. The summed E-state index contributed by atoms with van der Waals surface area (Å²) in [4.78, 5) is 24.1. The van der Waals surface area contributed by atoms with Crippen molar-refractivity contribution in [1.82, 2.24) is 19.7 Å². The summed E-state index contributed by atoms with van der Waals surface area (Å²) in [6.07, 6.45) is 7.62. The Bertz CT molecular complexity index is 1600. The van der Waals surface area contributed by atoms with Crippen LogP contribution >= 0.6 is 23.2 Å². The maximum atomic E-state index is 13.6. The molecule has 4 heterocycles.